The summed E-state index contributed by atoms with van der Waals surface area (Å²) >= 11 is 5.96. The van der Waals surface area contributed by atoms with Crippen LogP contribution >= 0.6 is 11.6 Å². The fourth-order valence-electron chi connectivity index (χ4n) is 3.23. The fourth-order valence-corrected chi connectivity index (χ4v) is 3.39. The molecule has 0 saturated carbocycles. The number of alkyl halides is 1. The first-order valence-corrected chi connectivity index (χ1v) is 9.60. The van der Waals surface area contributed by atoms with Crippen LogP contribution in [0.4, 0.5) is 0 Å². The van der Waals surface area contributed by atoms with Gasteiger partial charge in [-0.3, -0.25) is 9.89 Å². The summed E-state index contributed by atoms with van der Waals surface area (Å²) in [7, 11) is 0. The van der Waals surface area contributed by atoms with Crippen molar-refractivity contribution in [2.24, 2.45) is 4.99 Å². The van der Waals surface area contributed by atoms with Crippen molar-refractivity contribution in [3.05, 3.63) is 41.0 Å². The Morgan fingerprint density at radius 2 is 2.16 bits per heavy atom. The van der Waals surface area contributed by atoms with E-state index in [-0.39, 0.29) is 6.10 Å². The van der Waals surface area contributed by atoms with Gasteiger partial charge in [-0.1, -0.05) is 18.2 Å². The van der Waals surface area contributed by atoms with Gasteiger partial charge in [0.15, 0.2) is 0 Å². The highest BCUT2D eigenvalue weighted by molar-refractivity contribution is 6.17. The SMILES string of the molecule is CC1=C(c2cccc(CCl)c2)N=CC(OCCN2CCOCC2)CC1. The van der Waals surface area contributed by atoms with E-state index in [0.717, 1.165) is 69.1 Å². The Labute approximate surface area is 155 Å². The molecule has 0 aromatic heterocycles. The highest BCUT2D eigenvalue weighted by Gasteiger charge is 2.16. The molecule has 1 saturated heterocycles. The standard InChI is InChI=1S/C20H27ClN2O2/c1-16-5-6-19(25-12-9-23-7-10-24-11-8-23)15-22-20(16)18-4-2-3-17(13-18)14-21/h2-4,13,15,19H,5-12,14H2,1H3. The van der Waals surface area contributed by atoms with E-state index in [1.807, 2.05) is 18.3 Å². The number of morpholine rings is 1. The van der Waals surface area contributed by atoms with Crippen molar-refractivity contribution >= 4 is 23.5 Å². The van der Waals surface area contributed by atoms with Crippen LogP contribution in [-0.2, 0) is 15.4 Å². The second-order valence-electron chi connectivity index (χ2n) is 6.64. The molecule has 1 fully saturated rings. The van der Waals surface area contributed by atoms with Crippen molar-refractivity contribution in [2.45, 2.75) is 31.7 Å². The lowest BCUT2D eigenvalue weighted by Crippen LogP contribution is -2.38. The van der Waals surface area contributed by atoms with Crippen LogP contribution in [0.2, 0.25) is 0 Å². The summed E-state index contributed by atoms with van der Waals surface area (Å²) in [5.41, 5.74) is 4.63. The van der Waals surface area contributed by atoms with Crippen LogP contribution in [0.15, 0.2) is 34.8 Å². The molecule has 0 bridgehead atoms. The van der Waals surface area contributed by atoms with Crippen molar-refractivity contribution in [2.75, 3.05) is 39.5 Å². The topological polar surface area (TPSA) is 34.1 Å². The molecule has 2 heterocycles. The highest BCUT2D eigenvalue weighted by Crippen LogP contribution is 2.27. The number of ether oxygens (including phenoxy) is 2. The van der Waals surface area contributed by atoms with Gasteiger partial charge >= 0.3 is 0 Å². The molecule has 0 N–H and O–H groups in total. The van der Waals surface area contributed by atoms with Crippen LogP contribution in [0.3, 0.4) is 0 Å². The van der Waals surface area contributed by atoms with Crippen molar-refractivity contribution < 1.29 is 9.47 Å². The second-order valence-corrected chi connectivity index (χ2v) is 6.91. The van der Waals surface area contributed by atoms with E-state index in [4.69, 9.17) is 26.1 Å². The van der Waals surface area contributed by atoms with E-state index in [1.54, 1.807) is 0 Å². The maximum atomic E-state index is 6.06. The summed E-state index contributed by atoms with van der Waals surface area (Å²) in [5.74, 6) is 0.525. The quantitative estimate of drug-likeness (QED) is 0.723. The third-order valence-corrected chi connectivity index (χ3v) is 5.08. The second kappa shape index (κ2) is 9.48. The predicted molar refractivity (Wildman–Crippen MR) is 103 cm³/mol. The van der Waals surface area contributed by atoms with Gasteiger partial charge < -0.3 is 9.47 Å². The molecule has 1 unspecified atom stereocenters. The predicted octanol–water partition coefficient (Wildman–Crippen LogP) is 3.74. The minimum Gasteiger partial charge on any atom is -0.379 e. The normalized spacial score (nSPS) is 22.2. The Hall–Kier alpha value is -1.20. The van der Waals surface area contributed by atoms with Crippen LogP contribution in [0.25, 0.3) is 5.70 Å². The molecular weight excluding hydrogens is 336 g/mol. The van der Waals surface area contributed by atoms with Crippen LogP contribution in [-0.4, -0.2) is 56.7 Å². The first kappa shape index (κ1) is 18.6. The maximum absolute atomic E-state index is 6.06. The lowest BCUT2D eigenvalue weighted by Gasteiger charge is -2.26. The summed E-state index contributed by atoms with van der Waals surface area (Å²) in [6, 6.07) is 8.32. The molecule has 3 rings (SSSR count). The van der Waals surface area contributed by atoms with Crippen LogP contribution in [0, 0.1) is 0 Å². The van der Waals surface area contributed by atoms with E-state index >= 15 is 0 Å². The van der Waals surface area contributed by atoms with Gasteiger partial charge in [0.1, 0.15) is 0 Å². The zero-order valence-corrected chi connectivity index (χ0v) is 15.7. The Bertz CT molecular complexity index is 624. The van der Waals surface area contributed by atoms with Crippen LogP contribution in [0.1, 0.15) is 30.9 Å². The molecule has 0 spiro atoms. The number of benzene rings is 1. The van der Waals surface area contributed by atoms with Gasteiger partial charge in [-0.15, -0.1) is 11.6 Å². The van der Waals surface area contributed by atoms with Crippen molar-refractivity contribution in [1.29, 1.82) is 0 Å². The minimum absolute atomic E-state index is 0.0877. The number of hydrogen-bond acceptors (Lipinski definition) is 4. The first-order chi connectivity index (χ1) is 12.3. The Morgan fingerprint density at radius 3 is 2.96 bits per heavy atom. The average Bonchev–Trinajstić information content (AvgIpc) is 2.84. The molecule has 2 aliphatic heterocycles. The molecule has 1 atom stereocenters. The molecule has 0 aliphatic carbocycles. The largest absolute Gasteiger partial charge is 0.379 e. The summed E-state index contributed by atoms with van der Waals surface area (Å²) in [5, 5.41) is 0. The lowest BCUT2D eigenvalue weighted by atomic mass is 10.0. The molecule has 2 aliphatic rings. The molecule has 5 heteroatoms. The molecular formula is C20H27ClN2O2. The molecule has 136 valence electrons. The van der Waals surface area contributed by atoms with Gasteiger partial charge in [0, 0.05) is 37.3 Å². The Morgan fingerprint density at radius 1 is 1.32 bits per heavy atom. The molecule has 4 nitrogen and oxygen atoms in total. The summed E-state index contributed by atoms with van der Waals surface area (Å²) in [6.07, 6.45) is 4.04. The van der Waals surface area contributed by atoms with Gasteiger partial charge in [0.25, 0.3) is 0 Å². The minimum atomic E-state index is 0.0877. The van der Waals surface area contributed by atoms with Gasteiger partial charge in [0.2, 0.25) is 0 Å². The first-order valence-electron chi connectivity index (χ1n) is 9.07. The number of hydrogen-bond donors (Lipinski definition) is 0. The van der Waals surface area contributed by atoms with Gasteiger partial charge in [-0.2, -0.15) is 0 Å². The van der Waals surface area contributed by atoms with Crippen molar-refractivity contribution in [3.8, 4) is 0 Å². The lowest BCUT2D eigenvalue weighted by molar-refractivity contribution is 0.0140. The summed E-state index contributed by atoms with van der Waals surface area (Å²) in [4.78, 5) is 7.14. The molecule has 0 radical (unpaired) electrons. The van der Waals surface area contributed by atoms with E-state index < -0.39 is 0 Å². The van der Waals surface area contributed by atoms with Crippen molar-refractivity contribution in [1.82, 2.24) is 4.90 Å². The monoisotopic (exact) mass is 362 g/mol. The summed E-state index contributed by atoms with van der Waals surface area (Å²) < 4.78 is 11.4. The number of halogens is 1. The summed E-state index contributed by atoms with van der Waals surface area (Å²) in [6.45, 7) is 7.54. The van der Waals surface area contributed by atoms with Crippen LogP contribution in [0.5, 0.6) is 0 Å². The number of allylic oxidation sites excluding steroid dienone is 1. The molecule has 25 heavy (non-hydrogen) atoms. The van der Waals surface area contributed by atoms with E-state index in [2.05, 4.69) is 24.0 Å². The highest BCUT2D eigenvalue weighted by atomic mass is 35.5. The number of nitrogens with zero attached hydrogens (tertiary/aromatic N) is 2. The molecule has 1 aromatic carbocycles. The van der Waals surface area contributed by atoms with Crippen molar-refractivity contribution in [3.63, 3.8) is 0 Å². The molecule has 1 aromatic rings. The van der Waals surface area contributed by atoms with Gasteiger partial charge in [-0.05, 0) is 37.0 Å². The van der Waals surface area contributed by atoms with E-state index in [0.29, 0.717) is 5.88 Å². The third kappa shape index (κ3) is 5.38. The average molecular weight is 363 g/mol. The van der Waals surface area contributed by atoms with E-state index in [9.17, 15) is 0 Å². The van der Waals surface area contributed by atoms with Gasteiger partial charge in [0.05, 0.1) is 31.6 Å². The number of aliphatic imine (C=N–C) groups is 1. The zero-order valence-electron chi connectivity index (χ0n) is 14.9. The molecule has 0 amide bonds. The fraction of sp³-hybridized carbons (Fsp3) is 0.550. The zero-order chi connectivity index (χ0) is 17.5. The third-order valence-electron chi connectivity index (χ3n) is 4.78. The Balaban J connectivity index is 1.56. The van der Waals surface area contributed by atoms with E-state index in [1.165, 1.54) is 5.57 Å². The number of rotatable bonds is 6. The van der Waals surface area contributed by atoms with Crippen LogP contribution < -0.4 is 0 Å². The maximum Gasteiger partial charge on any atom is 0.0930 e. The van der Waals surface area contributed by atoms with Gasteiger partial charge in [-0.25, -0.2) is 0 Å². The smallest absolute Gasteiger partial charge is 0.0930 e. The Kier molecular flexibility index (Phi) is 7.05.